The quantitative estimate of drug-likeness (QED) is 0.791. The molecule has 0 aliphatic carbocycles. The Morgan fingerprint density at radius 3 is 2.31 bits per heavy atom. The fourth-order valence-electron chi connectivity index (χ4n) is 3.95. The van der Waals surface area contributed by atoms with Gasteiger partial charge in [0, 0.05) is 32.1 Å². The average Bonchev–Trinajstić information content (AvgIpc) is 2.67. The maximum absolute atomic E-state index is 12.7. The summed E-state index contributed by atoms with van der Waals surface area (Å²) < 4.78 is 26.9. The van der Waals surface area contributed by atoms with Gasteiger partial charge in [0.25, 0.3) is 0 Å². The molecule has 1 atom stereocenters. The van der Waals surface area contributed by atoms with Crippen LogP contribution in [0, 0.1) is 0 Å². The number of sulfonamides is 1. The topological polar surface area (TPSA) is 57.7 Å². The van der Waals surface area contributed by atoms with Crippen molar-refractivity contribution in [1.82, 2.24) is 9.21 Å². The molecule has 2 aliphatic rings. The van der Waals surface area contributed by atoms with Crippen molar-refractivity contribution < 1.29 is 13.2 Å². The minimum absolute atomic E-state index is 0.210. The number of benzene rings is 1. The van der Waals surface area contributed by atoms with E-state index in [1.165, 1.54) is 6.42 Å². The normalized spacial score (nSPS) is 22.3. The molecule has 1 aromatic rings. The first kappa shape index (κ1) is 19.4. The van der Waals surface area contributed by atoms with Gasteiger partial charge >= 0.3 is 0 Å². The Hall–Kier alpha value is -1.40. The van der Waals surface area contributed by atoms with E-state index < -0.39 is 10.0 Å². The zero-order chi connectivity index (χ0) is 18.6. The van der Waals surface area contributed by atoms with Gasteiger partial charge in [-0.15, -0.1) is 0 Å². The highest BCUT2D eigenvalue weighted by Crippen LogP contribution is 2.22. The SMILES string of the molecule is CC1CCCCN1C(=O)CCc1ccc(S(=O)(=O)N2CCCCC2)cc1. The number of nitrogens with zero attached hydrogens (tertiary/aromatic N) is 2. The van der Waals surface area contributed by atoms with Crippen LogP contribution in [0.3, 0.4) is 0 Å². The van der Waals surface area contributed by atoms with Crippen molar-refractivity contribution in [2.45, 2.75) is 69.2 Å². The smallest absolute Gasteiger partial charge is 0.243 e. The van der Waals surface area contributed by atoms with Crippen LogP contribution in [0.1, 0.15) is 57.4 Å². The number of amides is 1. The summed E-state index contributed by atoms with van der Waals surface area (Å²) in [5.74, 6) is 0.210. The number of hydrogen-bond acceptors (Lipinski definition) is 3. The molecule has 0 spiro atoms. The van der Waals surface area contributed by atoms with Gasteiger partial charge in [0.2, 0.25) is 15.9 Å². The molecule has 1 aromatic carbocycles. The van der Waals surface area contributed by atoms with Gasteiger partial charge in [0.1, 0.15) is 0 Å². The Morgan fingerprint density at radius 1 is 1.00 bits per heavy atom. The molecule has 2 aliphatic heterocycles. The van der Waals surface area contributed by atoms with Crippen LogP contribution in [0.5, 0.6) is 0 Å². The highest BCUT2D eigenvalue weighted by atomic mass is 32.2. The predicted molar refractivity (Wildman–Crippen MR) is 102 cm³/mol. The van der Waals surface area contributed by atoms with Crippen LogP contribution in [-0.2, 0) is 21.2 Å². The first-order valence-electron chi connectivity index (χ1n) is 9.87. The molecule has 26 heavy (non-hydrogen) atoms. The lowest BCUT2D eigenvalue weighted by molar-refractivity contribution is -0.134. The number of hydrogen-bond donors (Lipinski definition) is 0. The lowest BCUT2D eigenvalue weighted by atomic mass is 10.0. The average molecular weight is 379 g/mol. The summed E-state index contributed by atoms with van der Waals surface area (Å²) in [6.45, 7) is 4.23. The summed E-state index contributed by atoms with van der Waals surface area (Å²) in [5.41, 5.74) is 1.01. The van der Waals surface area contributed by atoms with Crippen molar-refractivity contribution in [2.24, 2.45) is 0 Å². The zero-order valence-corrected chi connectivity index (χ0v) is 16.5. The second-order valence-corrected chi connectivity index (χ2v) is 9.48. The van der Waals surface area contributed by atoms with Gasteiger partial charge in [-0.2, -0.15) is 4.31 Å². The predicted octanol–water partition coefficient (Wildman–Crippen LogP) is 3.19. The standard InChI is InChI=1S/C20H30N2O3S/c1-17-7-3-6-16-22(17)20(23)13-10-18-8-11-19(12-9-18)26(24,25)21-14-4-2-5-15-21/h8-9,11-12,17H,2-7,10,13-16H2,1H3. The molecule has 144 valence electrons. The van der Waals surface area contributed by atoms with Gasteiger partial charge in [-0.05, 0) is 63.1 Å². The molecule has 0 bridgehead atoms. The van der Waals surface area contributed by atoms with Crippen molar-refractivity contribution in [3.8, 4) is 0 Å². The van der Waals surface area contributed by atoms with Crippen LogP contribution >= 0.6 is 0 Å². The number of piperidine rings is 2. The zero-order valence-electron chi connectivity index (χ0n) is 15.7. The lowest BCUT2D eigenvalue weighted by Gasteiger charge is -2.33. The molecule has 0 N–H and O–H groups in total. The molecule has 1 amide bonds. The Morgan fingerprint density at radius 2 is 1.65 bits per heavy atom. The van der Waals surface area contributed by atoms with Gasteiger partial charge in [-0.1, -0.05) is 18.6 Å². The molecule has 2 fully saturated rings. The Bertz CT molecular complexity index is 709. The first-order valence-corrected chi connectivity index (χ1v) is 11.3. The van der Waals surface area contributed by atoms with Gasteiger partial charge in [-0.25, -0.2) is 8.42 Å². The third kappa shape index (κ3) is 4.46. The second kappa shape index (κ2) is 8.53. The van der Waals surface area contributed by atoms with E-state index in [4.69, 9.17) is 0 Å². The van der Waals surface area contributed by atoms with E-state index >= 15 is 0 Å². The molecule has 2 heterocycles. The van der Waals surface area contributed by atoms with Crippen molar-refractivity contribution in [3.05, 3.63) is 29.8 Å². The third-order valence-corrected chi connectivity index (χ3v) is 7.54. The monoisotopic (exact) mass is 378 g/mol. The summed E-state index contributed by atoms with van der Waals surface area (Å²) in [5, 5.41) is 0. The van der Waals surface area contributed by atoms with Gasteiger partial charge in [0.05, 0.1) is 4.90 Å². The Balaban J connectivity index is 1.58. The van der Waals surface area contributed by atoms with Crippen LogP contribution in [0.15, 0.2) is 29.2 Å². The number of carbonyl (C=O) groups excluding carboxylic acids is 1. The summed E-state index contributed by atoms with van der Waals surface area (Å²) in [6.07, 6.45) is 7.53. The van der Waals surface area contributed by atoms with Crippen LogP contribution in [-0.4, -0.2) is 49.2 Å². The molecule has 3 rings (SSSR count). The number of rotatable bonds is 5. The minimum Gasteiger partial charge on any atom is -0.340 e. The molecule has 5 nitrogen and oxygen atoms in total. The molecular weight excluding hydrogens is 348 g/mol. The van der Waals surface area contributed by atoms with Crippen LogP contribution in [0.4, 0.5) is 0 Å². The highest BCUT2D eigenvalue weighted by Gasteiger charge is 2.26. The fraction of sp³-hybridized carbons (Fsp3) is 0.650. The van der Waals surface area contributed by atoms with Crippen molar-refractivity contribution in [2.75, 3.05) is 19.6 Å². The second-order valence-electron chi connectivity index (χ2n) is 7.54. The van der Waals surface area contributed by atoms with Gasteiger partial charge in [0.15, 0.2) is 0 Å². The van der Waals surface area contributed by atoms with Crippen molar-refractivity contribution in [3.63, 3.8) is 0 Å². The lowest BCUT2D eigenvalue weighted by Crippen LogP contribution is -2.42. The highest BCUT2D eigenvalue weighted by molar-refractivity contribution is 7.89. The van der Waals surface area contributed by atoms with E-state index in [9.17, 15) is 13.2 Å². The fourth-order valence-corrected chi connectivity index (χ4v) is 5.46. The van der Waals surface area contributed by atoms with Crippen LogP contribution in [0.25, 0.3) is 0 Å². The molecule has 2 saturated heterocycles. The first-order chi connectivity index (χ1) is 12.5. The summed E-state index contributed by atoms with van der Waals surface area (Å²) in [6, 6.07) is 7.42. The summed E-state index contributed by atoms with van der Waals surface area (Å²) in [7, 11) is -3.38. The van der Waals surface area contributed by atoms with E-state index in [-0.39, 0.29) is 5.91 Å². The Kier molecular flexibility index (Phi) is 6.35. The van der Waals surface area contributed by atoms with E-state index in [0.717, 1.165) is 44.2 Å². The van der Waals surface area contributed by atoms with Crippen molar-refractivity contribution in [1.29, 1.82) is 0 Å². The van der Waals surface area contributed by atoms with Crippen LogP contribution < -0.4 is 0 Å². The Labute approximate surface area is 157 Å². The number of carbonyl (C=O) groups is 1. The maximum atomic E-state index is 12.7. The van der Waals surface area contributed by atoms with Crippen LogP contribution in [0.2, 0.25) is 0 Å². The molecule has 0 saturated carbocycles. The number of likely N-dealkylation sites (tertiary alicyclic amines) is 1. The molecule has 6 heteroatoms. The molecule has 1 unspecified atom stereocenters. The molecule has 0 aromatic heterocycles. The molecule has 0 radical (unpaired) electrons. The molecular formula is C20H30N2O3S. The summed E-state index contributed by atoms with van der Waals surface area (Å²) in [4.78, 5) is 14.8. The van der Waals surface area contributed by atoms with E-state index in [1.54, 1.807) is 16.4 Å². The van der Waals surface area contributed by atoms with Gasteiger partial charge in [-0.3, -0.25) is 4.79 Å². The number of aryl methyl sites for hydroxylation is 1. The summed E-state index contributed by atoms with van der Waals surface area (Å²) >= 11 is 0. The third-order valence-electron chi connectivity index (χ3n) is 5.63. The van der Waals surface area contributed by atoms with Gasteiger partial charge < -0.3 is 4.90 Å². The van der Waals surface area contributed by atoms with E-state index in [0.29, 0.717) is 36.9 Å². The van der Waals surface area contributed by atoms with Crippen molar-refractivity contribution >= 4 is 15.9 Å². The minimum atomic E-state index is -3.38. The maximum Gasteiger partial charge on any atom is 0.243 e. The van der Waals surface area contributed by atoms with E-state index in [1.807, 2.05) is 17.0 Å². The largest absolute Gasteiger partial charge is 0.340 e. The van der Waals surface area contributed by atoms with E-state index in [2.05, 4.69) is 6.92 Å².